The van der Waals surface area contributed by atoms with Crippen LogP contribution >= 0.6 is 0 Å². The van der Waals surface area contributed by atoms with Gasteiger partial charge in [0.1, 0.15) is 0 Å². The lowest BCUT2D eigenvalue weighted by Gasteiger charge is -2.23. The topological polar surface area (TPSA) is 24.9 Å². The Labute approximate surface area is 85.7 Å². The van der Waals surface area contributed by atoms with Gasteiger partial charge in [0, 0.05) is 11.7 Å². The summed E-state index contributed by atoms with van der Waals surface area (Å²) in [7, 11) is 0. The molecule has 2 heterocycles. The molecule has 1 aromatic heterocycles. The Morgan fingerprint density at radius 3 is 2.79 bits per heavy atom. The number of rotatable bonds is 1. The van der Waals surface area contributed by atoms with Crippen LogP contribution in [-0.4, -0.2) is 11.5 Å². The fourth-order valence-corrected chi connectivity index (χ4v) is 1.95. The zero-order valence-corrected chi connectivity index (χ0v) is 9.01. The number of pyridine rings is 1. The number of piperidine rings is 1. The highest BCUT2D eigenvalue weighted by molar-refractivity contribution is 5.22. The van der Waals surface area contributed by atoms with E-state index < -0.39 is 0 Å². The van der Waals surface area contributed by atoms with Crippen molar-refractivity contribution < 1.29 is 0 Å². The van der Waals surface area contributed by atoms with E-state index in [1.54, 1.807) is 0 Å². The van der Waals surface area contributed by atoms with Crippen molar-refractivity contribution >= 4 is 0 Å². The van der Waals surface area contributed by atoms with E-state index in [4.69, 9.17) is 0 Å². The van der Waals surface area contributed by atoms with Gasteiger partial charge < -0.3 is 5.32 Å². The molecule has 0 radical (unpaired) electrons. The summed E-state index contributed by atoms with van der Waals surface area (Å²) < 4.78 is 0. The monoisotopic (exact) mass is 190 g/mol. The zero-order valence-electron chi connectivity index (χ0n) is 9.01. The van der Waals surface area contributed by atoms with E-state index >= 15 is 0 Å². The minimum Gasteiger partial charge on any atom is -0.309 e. The van der Waals surface area contributed by atoms with E-state index in [-0.39, 0.29) is 0 Å². The van der Waals surface area contributed by atoms with E-state index in [1.165, 1.54) is 30.5 Å². The van der Waals surface area contributed by atoms with Crippen LogP contribution in [0.4, 0.5) is 0 Å². The molecule has 1 aromatic rings. The van der Waals surface area contributed by atoms with Crippen LogP contribution in [-0.2, 0) is 0 Å². The molecule has 1 fully saturated rings. The summed E-state index contributed by atoms with van der Waals surface area (Å²) in [5, 5.41) is 3.52. The summed E-state index contributed by atoms with van der Waals surface area (Å²) >= 11 is 0. The molecule has 1 atom stereocenters. The van der Waals surface area contributed by atoms with Crippen molar-refractivity contribution in [3.63, 3.8) is 0 Å². The normalized spacial score (nSPS) is 22.3. The zero-order chi connectivity index (χ0) is 9.97. The van der Waals surface area contributed by atoms with Gasteiger partial charge in [-0.25, -0.2) is 0 Å². The van der Waals surface area contributed by atoms with E-state index in [9.17, 15) is 0 Å². The smallest absolute Gasteiger partial charge is 0.0576 e. The van der Waals surface area contributed by atoms with Crippen LogP contribution in [0.15, 0.2) is 12.1 Å². The first-order valence-corrected chi connectivity index (χ1v) is 5.45. The number of hydrogen-bond donors (Lipinski definition) is 1. The van der Waals surface area contributed by atoms with Crippen LogP contribution in [0.25, 0.3) is 0 Å². The van der Waals surface area contributed by atoms with Crippen molar-refractivity contribution in [3.8, 4) is 0 Å². The number of nitrogens with zero attached hydrogens (tertiary/aromatic N) is 1. The van der Waals surface area contributed by atoms with Gasteiger partial charge in [-0.15, -0.1) is 0 Å². The number of hydrogen-bond acceptors (Lipinski definition) is 2. The quantitative estimate of drug-likeness (QED) is 0.736. The molecule has 2 nitrogen and oxygen atoms in total. The van der Waals surface area contributed by atoms with Crippen LogP contribution in [0.1, 0.15) is 42.3 Å². The van der Waals surface area contributed by atoms with Gasteiger partial charge in [-0.3, -0.25) is 4.98 Å². The number of nitrogens with one attached hydrogen (secondary N) is 1. The lowest BCUT2D eigenvalue weighted by atomic mass is 10.0. The first-order chi connectivity index (χ1) is 6.77. The number of aromatic nitrogens is 1. The highest BCUT2D eigenvalue weighted by atomic mass is 14.9. The van der Waals surface area contributed by atoms with Gasteiger partial charge in [-0.1, -0.05) is 12.5 Å². The highest BCUT2D eigenvalue weighted by Crippen LogP contribution is 2.21. The average molecular weight is 190 g/mol. The maximum atomic E-state index is 4.63. The molecule has 0 saturated carbocycles. The molecule has 76 valence electrons. The van der Waals surface area contributed by atoms with E-state index in [2.05, 4.69) is 36.3 Å². The van der Waals surface area contributed by atoms with Gasteiger partial charge in [0.2, 0.25) is 0 Å². The second-order valence-corrected chi connectivity index (χ2v) is 4.14. The van der Waals surface area contributed by atoms with Gasteiger partial charge in [0.15, 0.2) is 0 Å². The summed E-state index contributed by atoms with van der Waals surface area (Å²) in [6.45, 7) is 5.33. The Bertz CT molecular complexity index is 314. The van der Waals surface area contributed by atoms with Gasteiger partial charge in [-0.2, -0.15) is 0 Å². The van der Waals surface area contributed by atoms with E-state index in [0.29, 0.717) is 6.04 Å². The molecule has 1 unspecified atom stereocenters. The molecule has 1 aliphatic heterocycles. The summed E-state index contributed by atoms with van der Waals surface area (Å²) in [6.07, 6.45) is 3.86. The molecule has 1 saturated heterocycles. The molecule has 14 heavy (non-hydrogen) atoms. The Balaban J connectivity index is 2.18. The van der Waals surface area contributed by atoms with Crippen LogP contribution in [0.3, 0.4) is 0 Å². The third-order valence-electron chi connectivity index (χ3n) is 3.04. The third-order valence-corrected chi connectivity index (χ3v) is 3.04. The Morgan fingerprint density at radius 2 is 2.14 bits per heavy atom. The van der Waals surface area contributed by atoms with Gasteiger partial charge in [0.05, 0.1) is 5.69 Å². The van der Waals surface area contributed by atoms with Crippen molar-refractivity contribution in [2.45, 2.75) is 39.2 Å². The molecule has 2 heteroatoms. The molecule has 0 amide bonds. The van der Waals surface area contributed by atoms with E-state index in [0.717, 1.165) is 12.2 Å². The first kappa shape index (κ1) is 9.66. The van der Waals surface area contributed by atoms with Crippen LogP contribution in [0, 0.1) is 13.8 Å². The average Bonchev–Trinajstić information content (AvgIpc) is 2.23. The molecular formula is C12H18N2. The van der Waals surface area contributed by atoms with Crippen molar-refractivity contribution in [3.05, 3.63) is 29.1 Å². The molecule has 2 rings (SSSR count). The van der Waals surface area contributed by atoms with Crippen molar-refractivity contribution in [2.75, 3.05) is 6.54 Å². The summed E-state index contributed by atoms with van der Waals surface area (Å²) in [6, 6.07) is 4.82. The SMILES string of the molecule is Cc1ccc(C2CCCCN2)nc1C. The highest BCUT2D eigenvalue weighted by Gasteiger charge is 2.15. The lowest BCUT2D eigenvalue weighted by Crippen LogP contribution is -2.27. The van der Waals surface area contributed by atoms with Crippen molar-refractivity contribution in [1.82, 2.24) is 10.3 Å². The lowest BCUT2D eigenvalue weighted by molar-refractivity contribution is 0.405. The second kappa shape index (κ2) is 4.09. The predicted molar refractivity (Wildman–Crippen MR) is 58.3 cm³/mol. The molecule has 1 N–H and O–H groups in total. The maximum Gasteiger partial charge on any atom is 0.0576 e. The molecule has 0 aromatic carbocycles. The standard InChI is InChI=1S/C12H18N2/c1-9-6-7-12(14-10(9)2)11-5-3-4-8-13-11/h6-7,11,13H,3-5,8H2,1-2H3. The predicted octanol–water partition coefficient (Wildman–Crippen LogP) is 2.51. The maximum absolute atomic E-state index is 4.63. The largest absolute Gasteiger partial charge is 0.309 e. The molecular weight excluding hydrogens is 172 g/mol. The van der Waals surface area contributed by atoms with Crippen LogP contribution < -0.4 is 5.32 Å². The molecule has 0 aliphatic carbocycles. The fourth-order valence-electron chi connectivity index (χ4n) is 1.95. The molecule has 1 aliphatic rings. The fraction of sp³-hybridized carbons (Fsp3) is 0.583. The Kier molecular flexibility index (Phi) is 2.82. The Morgan fingerprint density at radius 1 is 1.29 bits per heavy atom. The minimum absolute atomic E-state index is 0.489. The number of aryl methyl sites for hydroxylation is 2. The minimum atomic E-state index is 0.489. The van der Waals surface area contributed by atoms with Crippen molar-refractivity contribution in [2.24, 2.45) is 0 Å². The first-order valence-electron chi connectivity index (χ1n) is 5.45. The van der Waals surface area contributed by atoms with Crippen molar-refractivity contribution in [1.29, 1.82) is 0 Å². The van der Waals surface area contributed by atoms with Gasteiger partial charge >= 0.3 is 0 Å². The van der Waals surface area contributed by atoms with Crippen LogP contribution in [0.5, 0.6) is 0 Å². The summed E-state index contributed by atoms with van der Waals surface area (Å²) in [5.41, 5.74) is 3.66. The summed E-state index contributed by atoms with van der Waals surface area (Å²) in [5.74, 6) is 0. The third kappa shape index (κ3) is 1.95. The Hall–Kier alpha value is -0.890. The van der Waals surface area contributed by atoms with Gasteiger partial charge in [-0.05, 0) is 44.9 Å². The van der Waals surface area contributed by atoms with E-state index in [1.807, 2.05) is 0 Å². The second-order valence-electron chi connectivity index (χ2n) is 4.14. The summed E-state index contributed by atoms with van der Waals surface area (Å²) in [4.78, 5) is 4.63. The van der Waals surface area contributed by atoms with Crippen LogP contribution in [0.2, 0.25) is 0 Å². The molecule has 0 bridgehead atoms. The molecule has 0 spiro atoms. The van der Waals surface area contributed by atoms with Gasteiger partial charge in [0.25, 0.3) is 0 Å².